The molecule has 0 aliphatic heterocycles. The first-order valence-electron chi connectivity index (χ1n) is 6.07. The van der Waals surface area contributed by atoms with Crippen molar-refractivity contribution in [2.45, 2.75) is 25.4 Å². The molecule has 1 aromatic rings. The van der Waals surface area contributed by atoms with Crippen molar-refractivity contribution in [3.05, 3.63) is 29.3 Å². The molecule has 0 spiro atoms. The molecule has 2 rings (SSSR count). The fourth-order valence-corrected chi connectivity index (χ4v) is 2.81. The molecular formula is C13H18O4S. The second kappa shape index (κ2) is 5.28. The molecule has 0 bridgehead atoms. The first kappa shape index (κ1) is 13.4. The highest BCUT2D eigenvalue weighted by molar-refractivity contribution is 7.90. The Morgan fingerprint density at radius 1 is 1.44 bits per heavy atom. The van der Waals surface area contributed by atoms with Crippen molar-refractivity contribution in [1.82, 2.24) is 0 Å². The molecule has 0 radical (unpaired) electrons. The number of aryl methyl sites for hydroxylation is 1. The maximum atomic E-state index is 10.9. The average molecular weight is 270 g/mol. The molecule has 0 saturated heterocycles. The Balaban J connectivity index is 1.88. The van der Waals surface area contributed by atoms with Crippen molar-refractivity contribution in [3.63, 3.8) is 0 Å². The van der Waals surface area contributed by atoms with E-state index < -0.39 is 9.84 Å². The van der Waals surface area contributed by atoms with Gasteiger partial charge < -0.3 is 9.84 Å². The Morgan fingerprint density at radius 3 is 2.94 bits per heavy atom. The summed E-state index contributed by atoms with van der Waals surface area (Å²) in [6.45, 7) is 0.397. The van der Waals surface area contributed by atoms with Gasteiger partial charge in [0.2, 0.25) is 0 Å². The third-order valence-corrected chi connectivity index (χ3v) is 4.12. The van der Waals surface area contributed by atoms with Crippen LogP contribution < -0.4 is 4.74 Å². The molecule has 5 heteroatoms. The van der Waals surface area contributed by atoms with Gasteiger partial charge in [0.15, 0.2) is 0 Å². The predicted octanol–water partition coefficient (Wildman–Crippen LogP) is 1.48. The maximum absolute atomic E-state index is 10.9. The minimum absolute atomic E-state index is 0.149. The Labute approximate surface area is 108 Å². The normalized spacial score (nSPS) is 18.7. The fourth-order valence-electron chi connectivity index (χ4n) is 2.17. The van der Waals surface area contributed by atoms with Gasteiger partial charge >= 0.3 is 0 Å². The molecule has 0 fully saturated rings. The van der Waals surface area contributed by atoms with Gasteiger partial charge in [-0.2, -0.15) is 0 Å². The lowest BCUT2D eigenvalue weighted by molar-refractivity contribution is 0.180. The van der Waals surface area contributed by atoms with E-state index >= 15 is 0 Å². The summed E-state index contributed by atoms with van der Waals surface area (Å²) in [5, 5.41) is 9.67. The van der Waals surface area contributed by atoms with Crippen LogP contribution in [-0.4, -0.2) is 32.1 Å². The number of ether oxygens (including phenoxy) is 1. The van der Waals surface area contributed by atoms with E-state index in [1.165, 1.54) is 6.26 Å². The van der Waals surface area contributed by atoms with Crippen LogP contribution in [0.1, 0.15) is 30.1 Å². The van der Waals surface area contributed by atoms with E-state index in [4.69, 9.17) is 4.74 Å². The van der Waals surface area contributed by atoms with Crippen LogP contribution in [0.5, 0.6) is 5.75 Å². The van der Waals surface area contributed by atoms with Gasteiger partial charge in [0.25, 0.3) is 0 Å². The first-order chi connectivity index (χ1) is 8.46. The summed E-state index contributed by atoms with van der Waals surface area (Å²) < 4.78 is 27.4. The van der Waals surface area contributed by atoms with Crippen molar-refractivity contribution in [2.75, 3.05) is 18.6 Å². The Hall–Kier alpha value is -1.07. The van der Waals surface area contributed by atoms with Gasteiger partial charge in [-0.3, -0.25) is 0 Å². The van der Waals surface area contributed by atoms with Gasteiger partial charge in [-0.1, -0.05) is 6.07 Å². The van der Waals surface area contributed by atoms with Crippen LogP contribution in [0.3, 0.4) is 0 Å². The van der Waals surface area contributed by atoms with E-state index in [1.807, 2.05) is 18.2 Å². The summed E-state index contributed by atoms with van der Waals surface area (Å²) in [6.07, 6.45) is 3.02. The minimum Gasteiger partial charge on any atom is -0.494 e. The van der Waals surface area contributed by atoms with Gasteiger partial charge in [0.05, 0.1) is 18.5 Å². The van der Waals surface area contributed by atoms with Crippen molar-refractivity contribution >= 4 is 9.84 Å². The molecule has 0 amide bonds. The number of fused-ring (bicyclic) bond motifs is 1. The molecule has 0 aromatic heterocycles. The third kappa shape index (κ3) is 3.46. The van der Waals surface area contributed by atoms with Gasteiger partial charge in [-0.15, -0.1) is 0 Å². The van der Waals surface area contributed by atoms with Crippen molar-refractivity contribution in [1.29, 1.82) is 0 Å². The van der Waals surface area contributed by atoms with Crippen molar-refractivity contribution in [2.24, 2.45) is 0 Å². The number of hydrogen-bond donors (Lipinski definition) is 1. The van der Waals surface area contributed by atoms with Gasteiger partial charge in [-0.25, -0.2) is 8.42 Å². The van der Waals surface area contributed by atoms with E-state index in [0.717, 1.165) is 29.7 Å². The lowest BCUT2D eigenvalue weighted by Crippen LogP contribution is -2.08. The van der Waals surface area contributed by atoms with E-state index in [-0.39, 0.29) is 11.9 Å². The number of aliphatic hydroxyl groups excluding tert-OH is 1. The lowest BCUT2D eigenvalue weighted by Gasteiger charge is -2.08. The largest absolute Gasteiger partial charge is 0.494 e. The smallest absolute Gasteiger partial charge is 0.147 e. The van der Waals surface area contributed by atoms with Gasteiger partial charge in [0.1, 0.15) is 15.6 Å². The van der Waals surface area contributed by atoms with Crippen LogP contribution in [0.2, 0.25) is 0 Å². The summed E-state index contributed by atoms with van der Waals surface area (Å²) in [6, 6.07) is 5.65. The highest BCUT2D eigenvalue weighted by Gasteiger charge is 2.20. The second-order valence-corrected chi connectivity index (χ2v) is 7.01. The van der Waals surface area contributed by atoms with E-state index in [9.17, 15) is 13.5 Å². The van der Waals surface area contributed by atoms with Crippen molar-refractivity contribution in [3.8, 4) is 5.75 Å². The number of sulfone groups is 1. The zero-order valence-corrected chi connectivity index (χ0v) is 11.2. The molecular weight excluding hydrogens is 252 g/mol. The monoisotopic (exact) mass is 270 g/mol. The lowest BCUT2D eigenvalue weighted by atomic mass is 10.1. The quantitative estimate of drug-likeness (QED) is 0.823. The first-order valence-corrected chi connectivity index (χ1v) is 8.13. The van der Waals surface area contributed by atoms with Crippen LogP contribution in [0.15, 0.2) is 18.2 Å². The Kier molecular flexibility index (Phi) is 3.92. The Morgan fingerprint density at radius 2 is 2.22 bits per heavy atom. The molecule has 0 heterocycles. The van der Waals surface area contributed by atoms with Crippen molar-refractivity contribution < 1.29 is 18.3 Å². The van der Waals surface area contributed by atoms with Crippen LogP contribution in [0.25, 0.3) is 0 Å². The van der Waals surface area contributed by atoms with E-state index in [1.54, 1.807) is 0 Å². The second-order valence-electron chi connectivity index (χ2n) is 4.75. The van der Waals surface area contributed by atoms with E-state index in [2.05, 4.69) is 0 Å². The molecule has 0 saturated carbocycles. The van der Waals surface area contributed by atoms with Crippen LogP contribution in [0.4, 0.5) is 0 Å². The third-order valence-electron chi connectivity index (χ3n) is 3.09. The van der Waals surface area contributed by atoms with Gasteiger partial charge in [0, 0.05) is 6.26 Å². The van der Waals surface area contributed by atoms with Crippen LogP contribution >= 0.6 is 0 Å². The van der Waals surface area contributed by atoms with Gasteiger partial charge in [-0.05, 0) is 42.5 Å². The standard InChI is InChI=1S/C13H18O4S/c1-18(15,16)8-2-7-17-11-4-5-12-10(9-11)3-6-13(12)14/h4-5,9,13-14H,2-3,6-8H2,1H3/t13-/m1/s1. The number of hydrogen-bond acceptors (Lipinski definition) is 4. The molecule has 1 N–H and O–H groups in total. The van der Waals surface area contributed by atoms with Crippen LogP contribution in [0, 0.1) is 0 Å². The molecule has 100 valence electrons. The molecule has 0 unspecified atom stereocenters. The molecule has 4 nitrogen and oxygen atoms in total. The Bertz CT molecular complexity index is 522. The summed E-state index contributed by atoms with van der Waals surface area (Å²) in [7, 11) is -2.91. The minimum atomic E-state index is -2.91. The topological polar surface area (TPSA) is 63.6 Å². The molecule has 18 heavy (non-hydrogen) atoms. The molecule has 1 aliphatic rings. The predicted molar refractivity (Wildman–Crippen MR) is 69.5 cm³/mol. The fraction of sp³-hybridized carbons (Fsp3) is 0.538. The average Bonchev–Trinajstić information content (AvgIpc) is 2.65. The summed E-state index contributed by atoms with van der Waals surface area (Å²) in [4.78, 5) is 0. The summed E-state index contributed by atoms with van der Waals surface area (Å²) in [5.74, 6) is 0.896. The number of rotatable bonds is 5. The zero-order chi connectivity index (χ0) is 13.2. The zero-order valence-electron chi connectivity index (χ0n) is 10.4. The highest BCUT2D eigenvalue weighted by Crippen LogP contribution is 2.33. The summed E-state index contributed by atoms with van der Waals surface area (Å²) in [5.41, 5.74) is 2.11. The molecule has 1 atom stereocenters. The molecule has 1 aliphatic carbocycles. The summed E-state index contributed by atoms with van der Waals surface area (Å²) >= 11 is 0. The number of aliphatic hydroxyl groups is 1. The number of benzene rings is 1. The van der Waals surface area contributed by atoms with Crippen LogP contribution in [-0.2, 0) is 16.3 Å². The molecule has 1 aromatic carbocycles. The maximum Gasteiger partial charge on any atom is 0.147 e. The highest BCUT2D eigenvalue weighted by atomic mass is 32.2. The van der Waals surface area contributed by atoms with E-state index in [0.29, 0.717) is 13.0 Å². The SMILES string of the molecule is CS(=O)(=O)CCCOc1ccc2c(c1)CC[C@H]2O.